The summed E-state index contributed by atoms with van der Waals surface area (Å²) < 4.78 is 27.0. The third kappa shape index (κ3) is 6.96. The first-order valence-corrected chi connectivity index (χ1v) is 9.80. The van der Waals surface area contributed by atoms with E-state index in [-0.39, 0.29) is 11.5 Å². The van der Waals surface area contributed by atoms with Gasteiger partial charge in [-0.15, -0.1) is 0 Å². The quantitative estimate of drug-likeness (QED) is 0.657. The molecule has 0 saturated carbocycles. The molecule has 0 bridgehead atoms. The molecule has 0 saturated heterocycles. The molecule has 2 aromatic carbocycles. The van der Waals surface area contributed by atoms with Crippen LogP contribution in [0.1, 0.15) is 42.6 Å². The summed E-state index contributed by atoms with van der Waals surface area (Å²) in [5.41, 5.74) is 0.699. The van der Waals surface area contributed by atoms with Crippen LogP contribution in [0.5, 0.6) is 0 Å². The molecule has 2 atom stereocenters. The summed E-state index contributed by atoms with van der Waals surface area (Å²) in [6, 6.07) is 12.6. The minimum Gasteiger partial charge on any atom is -0.340 e. The number of nitrogens with zero attached hydrogens (tertiary/aromatic N) is 1. The molecule has 0 fully saturated rings. The van der Waals surface area contributed by atoms with Crippen LogP contribution >= 0.6 is 0 Å². The normalized spacial score (nSPS) is 12.7. The molecule has 158 valence electrons. The Kier molecular flexibility index (Phi) is 8.48. The average molecular weight is 413 g/mol. The van der Waals surface area contributed by atoms with Gasteiger partial charge in [-0.05, 0) is 42.9 Å². The van der Waals surface area contributed by atoms with Gasteiger partial charge >= 0.3 is 0 Å². The highest BCUT2D eigenvalue weighted by Gasteiger charge is 2.25. The van der Waals surface area contributed by atoms with E-state index in [4.69, 9.17) is 0 Å². The van der Waals surface area contributed by atoms with Crippen molar-refractivity contribution in [3.05, 3.63) is 71.3 Å². The highest BCUT2D eigenvalue weighted by atomic mass is 19.1. The zero-order valence-corrected chi connectivity index (χ0v) is 17.0. The summed E-state index contributed by atoms with van der Waals surface area (Å²) in [4.78, 5) is 25.2. The van der Waals surface area contributed by atoms with Crippen molar-refractivity contribution in [3.8, 4) is 6.07 Å². The number of benzene rings is 2. The first-order valence-electron chi connectivity index (χ1n) is 9.80. The van der Waals surface area contributed by atoms with Crippen molar-refractivity contribution in [2.45, 2.75) is 45.2 Å². The van der Waals surface area contributed by atoms with Gasteiger partial charge in [0.05, 0.1) is 11.6 Å². The van der Waals surface area contributed by atoms with Crippen LogP contribution in [0.2, 0.25) is 0 Å². The molecule has 2 aromatic rings. The second-order valence-electron chi connectivity index (χ2n) is 7.49. The number of aryl methyl sites for hydroxylation is 1. The zero-order chi connectivity index (χ0) is 22.1. The number of carbonyl (C=O) groups is 2. The molecule has 7 heteroatoms. The van der Waals surface area contributed by atoms with Gasteiger partial charge in [0.1, 0.15) is 23.7 Å². The lowest BCUT2D eigenvalue weighted by atomic mass is 10.0. The highest BCUT2D eigenvalue weighted by Crippen LogP contribution is 2.12. The predicted molar refractivity (Wildman–Crippen MR) is 109 cm³/mol. The van der Waals surface area contributed by atoms with E-state index in [1.165, 1.54) is 0 Å². The molecule has 2 N–H and O–H groups in total. The van der Waals surface area contributed by atoms with Crippen LogP contribution in [0.25, 0.3) is 0 Å². The van der Waals surface area contributed by atoms with Crippen molar-refractivity contribution < 1.29 is 18.4 Å². The van der Waals surface area contributed by atoms with Crippen molar-refractivity contribution in [3.63, 3.8) is 0 Å². The van der Waals surface area contributed by atoms with Crippen molar-refractivity contribution in [2.24, 2.45) is 5.92 Å². The molecule has 0 spiro atoms. The summed E-state index contributed by atoms with van der Waals surface area (Å²) in [5, 5.41) is 14.6. The van der Waals surface area contributed by atoms with Gasteiger partial charge in [0.2, 0.25) is 5.91 Å². The minimum absolute atomic E-state index is 0.0592. The first kappa shape index (κ1) is 23.0. The maximum absolute atomic E-state index is 13.9. The lowest BCUT2D eigenvalue weighted by molar-refractivity contribution is -0.123. The van der Waals surface area contributed by atoms with Crippen LogP contribution in [0.15, 0.2) is 48.5 Å². The number of nitrogens with one attached hydrogen (secondary N) is 2. The predicted octanol–water partition coefficient (Wildman–Crippen LogP) is 3.75. The molecular weight excluding hydrogens is 388 g/mol. The van der Waals surface area contributed by atoms with Gasteiger partial charge < -0.3 is 10.6 Å². The molecular formula is C23H25F2N3O2. The Morgan fingerprint density at radius 2 is 1.77 bits per heavy atom. The van der Waals surface area contributed by atoms with Gasteiger partial charge in [0.15, 0.2) is 0 Å². The van der Waals surface area contributed by atoms with Gasteiger partial charge in [-0.25, -0.2) is 8.78 Å². The number of rotatable bonds is 9. The van der Waals surface area contributed by atoms with Gasteiger partial charge in [0, 0.05) is 6.07 Å². The van der Waals surface area contributed by atoms with Crippen LogP contribution in [-0.4, -0.2) is 23.9 Å². The van der Waals surface area contributed by atoms with E-state index in [0.717, 1.165) is 17.7 Å². The lowest BCUT2D eigenvalue weighted by Crippen LogP contribution is -2.50. The molecule has 5 nitrogen and oxygen atoms in total. The monoisotopic (exact) mass is 413 g/mol. The molecule has 30 heavy (non-hydrogen) atoms. The van der Waals surface area contributed by atoms with Crippen molar-refractivity contribution in [2.75, 3.05) is 0 Å². The van der Waals surface area contributed by atoms with Crippen molar-refractivity contribution in [1.82, 2.24) is 10.6 Å². The molecule has 0 aromatic heterocycles. The fourth-order valence-corrected chi connectivity index (χ4v) is 3.01. The van der Waals surface area contributed by atoms with Crippen LogP contribution in [0.3, 0.4) is 0 Å². The summed E-state index contributed by atoms with van der Waals surface area (Å²) in [6.45, 7) is 3.75. The first-order chi connectivity index (χ1) is 14.3. The van der Waals surface area contributed by atoms with E-state index < -0.39 is 35.5 Å². The van der Waals surface area contributed by atoms with Crippen LogP contribution in [0.4, 0.5) is 8.78 Å². The van der Waals surface area contributed by atoms with Crippen molar-refractivity contribution >= 4 is 11.8 Å². The topological polar surface area (TPSA) is 82.0 Å². The number of hydrogen-bond donors (Lipinski definition) is 2. The summed E-state index contributed by atoms with van der Waals surface area (Å²) >= 11 is 0. The number of halogens is 2. The summed E-state index contributed by atoms with van der Waals surface area (Å²) in [7, 11) is 0. The van der Waals surface area contributed by atoms with Gasteiger partial charge in [-0.2, -0.15) is 5.26 Å². The standard InChI is InChI=1S/C23H25F2N3O2/c1-15(2)12-21(28-22(29)19-11-9-17(24)13-20(19)25)23(30)27-18(14-26)10-8-16-6-4-3-5-7-16/h3-7,9,11,13,15,18,21H,8,10,12H2,1-2H3,(H,27,30)(H,28,29)/t18-,21-/m0/s1. The average Bonchev–Trinajstić information content (AvgIpc) is 2.70. The molecule has 0 heterocycles. The minimum atomic E-state index is -1.01. The van der Waals surface area contributed by atoms with Gasteiger partial charge in [0.25, 0.3) is 5.91 Å². The smallest absolute Gasteiger partial charge is 0.254 e. The molecule has 0 radical (unpaired) electrons. The number of nitriles is 1. The number of carbonyl (C=O) groups excluding carboxylic acids is 2. The summed E-state index contributed by atoms with van der Waals surface area (Å²) in [6.07, 6.45) is 1.33. The Hall–Kier alpha value is -3.27. The van der Waals surface area contributed by atoms with Crippen molar-refractivity contribution in [1.29, 1.82) is 5.26 Å². The largest absolute Gasteiger partial charge is 0.340 e. The maximum Gasteiger partial charge on any atom is 0.254 e. The van der Waals surface area contributed by atoms with Crippen LogP contribution in [-0.2, 0) is 11.2 Å². The third-order valence-electron chi connectivity index (χ3n) is 4.54. The zero-order valence-electron chi connectivity index (χ0n) is 17.0. The Bertz CT molecular complexity index is 910. The molecule has 2 amide bonds. The van der Waals surface area contributed by atoms with Gasteiger partial charge in [-0.1, -0.05) is 44.2 Å². The van der Waals surface area contributed by atoms with Crippen LogP contribution < -0.4 is 10.6 Å². The lowest BCUT2D eigenvalue weighted by Gasteiger charge is -2.22. The molecule has 0 aliphatic carbocycles. The third-order valence-corrected chi connectivity index (χ3v) is 4.54. The Morgan fingerprint density at radius 3 is 2.37 bits per heavy atom. The fourth-order valence-electron chi connectivity index (χ4n) is 3.01. The fraction of sp³-hybridized carbons (Fsp3) is 0.348. The Balaban J connectivity index is 2.04. The molecule has 2 rings (SSSR count). The van der Waals surface area contributed by atoms with Gasteiger partial charge in [-0.3, -0.25) is 9.59 Å². The van der Waals surface area contributed by atoms with E-state index in [0.29, 0.717) is 25.3 Å². The number of hydrogen-bond acceptors (Lipinski definition) is 3. The second kappa shape index (κ2) is 11.1. The SMILES string of the molecule is CC(C)C[C@H](NC(=O)c1ccc(F)cc1F)C(=O)N[C@H](C#N)CCc1ccccc1. The van der Waals surface area contributed by atoms with Crippen LogP contribution in [0, 0.1) is 28.9 Å². The van der Waals surface area contributed by atoms with E-state index in [9.17, 15) is 23.6 Å². The molecule has 0 aliphatic rings. The van der Waals surface area contributed by atoms with E-state index in [1.807, 2.05) is 44.2 Å². The number of amides is 2. The Labute approximate surface area is 175 Å². The van der Waals surface area contributed by atoms with E-state index in [1.54, 1.807) is 0 Å². The maximum atomic E-state index is 13.9. The molecule has 0 unspecified atom stereocenters. The Morgan fingerprint density at radius 1 is 1.07 bits per heavy atom. The second-order valence-corrected chi connectivity index (χ2v) is 7.49. The molecule has 0 aliphatic heterocycles. The highest BCUT2D eigenvalue weighted by molar-refractivity contribution is 5.97. The summed E-state index contributed by atoms with van der Waals surface area (Å²) in [5.74, 6) is -3.07. The van der Waals surface area contributed by atoms with E-state index in [2.05, 4.69) is 16.7 Å². The van der Waals surface area contributed by atoms with E-state index >= 15 is 0 Å².